The summed E-state index contributed by atoms with van der Waals surface area (Å²) in [7, 11) is 0. The molecule has 0 amide bonds. The number of hydrogen-bond acceptors (Lipinski definition) is 12. The first-order valence-electron chi connectivity index (χ1n) is 17.4. The highest BCUT2D eigenvalue weighted by Gasteiger charge is 2.35. The van der Waals surface area contributed by atoms with Crippen LogP contribution in [0.25, 0.3) is 0 Å². The van der Waals surface area contributed by atoms with Gasteiger partial charge in [-0.25, -0.2) is 9.59 Å². The fourth-order valence-corrected chi connectivity index (χ4v) is 6.01. The first kappa shape index (κ1) is 40.1. The van der Waals surface area contributed by atoms with Crippen LogP contribution in [0.1, 0.15) is 57.5 Å². The van der Waals surface area contributed by atoms with E-state index < -0.39 is 23.6 Å². The molecule has 5 rings (SSSR count). The number of nitrogens with one attached hydrogen (secondary N) is 2. The second kappa shape index (κ2) is 18.8. The molecule has 0 aliphatic rings. The van der Waals surface area contributed by atoms with Gasteiger partial charge in [-0.2, -0.15) is 0 Å². The fraction of sp³-hybridized carbons (Fsp3) is 0.250. The first-order valence-corrected chi connectivity index (χ1v) is 18.1. The van der Waals surface area contributed by atoms with E-state index in [0.717, 1.165) is 11.1 Å². The zero-order valence-corrected chi connectivity index (χ0v) is 31.0. The van der Waals surface area contributed by atoms with E-state index in [2.05, 4.69) is 20.6 Å². The van der Waals surface area contributed by atoms with Gasteiger partial charge in [-0.1, -0.05) is 35.3 Å². The molecule has 282 valence electrons. The van der Waals surface area contributed by atoms with E-state index in [1.54, 1.807) is 85.5 Å². The van der Waals surface area contributed by atoms with Crippen LogP contribution in [-0.4, -0.2) is 45.7 Å². The van der Waals surface area contributed by atoms with Crippen molar-refractivity contribution in [2.75, 3.05) is 10.6 Å². The molecular formula is C40H44Cl2N8O4. The van der Waals surface area contributed by atoms with Crippen LogP contribution < -0.4 is 33.6 Å². The molecule has 4 unspecified atom stereocenters. The lowest BCUT2D eigenvalue weighted by molar-refractivity contribution is -0.0120. The normalized spacial score (nSPS) is 14.5. The SMILES string of the molecule is NC(CCC(N)(Nc1ccc(Cl)cc1)OC(=O)c1ccccc1C(=O)OC(N)(CCC(N)Cc1ccncc1)Nc1ccc(Cl)cc1)Cc1ccncc1. The number of pyridine rings is 2. The van der Waals surface area contributed by atoms with Gasteiger partial charge >= 0.3 is 11.9 Å². The zero-order chi connectivity index (χ0) is 38.6. The number of carbonyl (C=O) groups is 2. The lowest BCUT2D eigenvalue weighted by Gasteiger charge is -2.33. The van der Waals surface area contributed by atoms with E-state index in [9.17, 15) is 9.59 Å². The zero-order valence-electron chi connectivity index (χ0n) is 29.5. The van der Waals surface area contributed by atoms with Gasteiger partial charge < -0.3 is 31.6 Å². The molecule has 0 aliphatic carbocycles. The summed E-state index contributed by atoms with van der Waals surface area (Å²) in [6.45, 7) is 0. The minimum atomic E-state index is -1.74. The van der Waals surface area contributed by atoms with Crippen molar-refractivity contribution in [3.05, 3.63) is 154 Å². The smallest absolute Gasteiger partial charge is 0.342 e. The number of nitrogens with zero attached hydrogens (tertiary/aromatic N) is 2. The van der Waals surface area contributed by atoms with Gasteiger partial charge in [0.15, 0.2) is 0 Å². The molecule has 4 atom stereocenters. The van der Waals surface area contributed by atoms with E-state index >= 15 is 0 Å². The number of ether oxygens (including phenoxy) is 2. The number of aromatic nitrogens is 2. The summed E-state index contributed by atoms with van der Waals surface area (Å²) in [5.41, 5.74) is 29.4. The molecule has 54 heavy (non-hydrogen) atoms. The molecule has 2 aromatic heterocycles. The average Bonchev–Trinajstić information content (AvgIpc) is 3.16. The van der Waals surface area contributed by atoms with Gasteiger partial charge in [0, 0.05) is 71.1 Å². The summed E-state index contributed by atoms with van der Waals surface area (Å²) in [6, 6.07) is 26.5. The van der Waals surface area contributed by atoms with Gasteiger partial charge in [-0.05, 0) is 122 Å². The third-order valence-corrected chi connectivity index (χ3v) is 9.09. The highest BCUT2D eigenvalue weighted by Crippen LogP contribution is 2.26. The molecule has 0 fully saturated rings. The Morgan fingerprint density at radius 3 is 1.30 bits per heavy atom. The average molecular weight is 772 g/mol. The van der Waals surface area contributed by atoms with Crippen LogP contribution >= 0.6 is 23.2 Å². The van der Waals surface area contributed by atoms with Crippen molar-refractivity contribution in [3.8, 4) is 0 Å². The van der Waals surface area contributed by atoms with Crippen molar-refractivity contribution in [2.24, 2.45) is 22.9 Å². The minimum Gasteiger partial charge on any atom is -0.422 e. The number of hydrogen-bond donors (Lipinski definition) is 6. The molecule has 10 N–H and O–H groups in total. The Balaban J connectivity index is 1.34. The number of carbonyl (C=O) groups excluding carboxylic acids is 2. The Labute approximate surface area is 324 Å². The van der Waals surface area contributed by atoms with E-state index in [4.69, 9.17) is 55.6 Å². The molecule has 5 aromatic rings. The number of halogens is 2. The van der Waals surface area contributed by atoms with Crippen molar-refractivity contribution < 1.29 is 19.1 Å². The summed E-state index contributed by atoms with van der Waals surface area (Å²) < 4.78 is 11.9. The Morgan fingerprint density at radius 2 is 0.944 bits per heavy atom. The second-order valence-electron chi connectivity index (χ2n) is 13.1. The largest absolute Gasteiger partial charge is 0.422 e. The fourth-order valence-electron chi connectivity index (χ4n) is 5.76. The number of benzene rings is 3. The lowest BCUT2D eigenvalue weighted by atomic mass is 10.0. The van der Waals surface area contributed by atoms with Gasteiger partial charge in [0.25, 0.3) is 0 Å². The van der Waals surface area contributed by atoms with Crippen molar-refractivity contribution in [3.63, 3.8) is 0 Å². The molecule has 14 heteroatoms. The highest BCUT2D eigenvalue weighted by atomic mass is 35.5. The Morgan fingerprint density at radius 1 is 0.593 bits per heavy atom. The molecule has 0 bridgehead atoms. The van der Waals surface area contributed by atoms with Gasteiger partial charge in [0.2, 0.25) is 11.7 Å². The van der Waals surface area contributed by atoms with Crippen LogP contribution in [0.4, 0.5) is 11.4 Å². The molecule has 3 aromatic carbocycles. The molecule has 2 heterocycles. The highest BCUT2D eigenvalue weighted by molar-refractivity contribution is 6.30. The van der Waals surface area contributed by atoms with E-state index in [0.29, 0.717) is 47.1 Å². The Bertz CT molecular complexity index is 1820. The molecular weight excluding hydrogens is 727 g/mol. The summed E-state index contributed by atoms with van der Waals surface area (Å²) in [5, 5.41) is 7.25. The van der Waals surface area contributed by atoms with Gasteiger partial charge in [-0.3, -0.25) is 21.4 Å². The molecule has 0 radical (unpaired) electrons. The maximum absolute atomic E-state index is 14.0. The number of esters is 2. The maximum atomic E-state index is 14.0. The second-order valence-corrected chi connectivity index (χ2v) is 14.0. The quantitative estimate of drug-likeness (QED) is 0.0432. The monoisotopic (exact) mass is 770 g/mol. The van der Waals surface area contributed by atoms with E-state index in [1.807, 2.05) is 24.3 Å². The van der Waals surface area contributed by atoms with Crippen LogP contribution in [0.5, 0.6) is 0 Å². The van der Waals surface area contributed by atoms with Crippen molar-refractivity contribution in [1.82, 2.24) is 9.97 Å². The van der Waals surface area contributed by atoms with Gasteiger partial charge in [0.1, 0.15) is 0 Å². The van der Waals surface area contributed by atoms with Crippen molar-refractivity contribution in [2.45, 2.75) is 62.3 Å². The van der Waals surface area contributed by atoms with Crippen LogP contribution in [-0.2, 0) is 22.3 Å². The van der Waals surface area contributed by atoms with Gasteiger partial charge in [-0.15, -0.1) is 0 Å². The van der Waals surface area contributed by atoms with Gasteiger partial charge in [0.05, 0.1) is 11.1 Å². The predicted octanol–water partition coefficient (Wildman–Crippen LogP) is 6.25. The summed E-state index contributed by atoms with van der Waals surface area (Å²) in [5.74, 6) is -5.23. The van der Waals surface area contributed by atoms with Crippen LogP contribution in [0.2, 0.25) is 10.0 Å². The predicted molar refractivity (Wildman–Crippen MR) is 212 cm³/mol. The van der Waals surface area contributed by atoms with Crippen molar-refractivity contribution in [1.29, 1.82) is 0 Å². The number of nitrogens with two attached hydrogens (primary N) is 4. The summed E-state index contributed by atoms with van der Waals surface area (Å²) in [4.78, 5) is 36.0. The number of anilines is 2. The summed E-state index contributed by atoms with van der Waals surface area (Å²) >= 11 is 12.2. The first-order chi connectivity index (χ1) is 25.9. The topological polar surface area (TPSA) is 207 Å². The molecule has 0 saturated heterocycles. The van der Waals surface area contributed by atoms with Crippen LogP contribution in [0.3, 0.4) is 0 Å². The number of rotatable bonds is 18. The Hall–Kier alpha value is -5.08. The molecule has 0 saturated carbocycles. The maximum Gasteiger partial charge on any atom is 0.342 e. The third-order valence-electron chi connectivity index (χ3n) is 8.58. The lowest BCUT2D eigenvalue weighted by Crippen LogP contribution is -2.53. The molecule has 0 aliphatic heterocycles. The minimum absolute atomic E-state index is 0.0838. The molecule has 12 nitrogen and oxygen atoms in total. The van der Waals surface area contributed by atoms with Crippen LogP contribution in [0.15, 0.2) is 122 Å². The standard InChI is InChI=1S/C40H44Cl2N8O4/c41-29-5-9-33(10-6-29)49-39(45,19-13-31(43)25-27-15-21-47-22-16-27)53-37(51)35-3-1-2-4-36(35)38(52)54-40(46,50-34-11-7-30(42)8-12-34)20-14-32(44)26-28-17-23-48-24-18-28/h1-12,15-18,21-24,31-32,49-50H,13-14,19-20,25-26,43-46H2. The van der Waals surface area contributed by atoms with E-state index in [1.165, 1.54) is 12.1 Å². The van der Waals surface area contributed by atoms with E-state index in [-0.39, 0.29) is 36.1 Å². The Kier molecular flexibility index (Phi) is 14.0. The summed E-state index contributed by atoms with van der Waals surface area (Å²) in [6.07, 6.45) is 8.91. The molecule has 0 spiro atoms. The van der Waals surface area contributed by atoms with Crippen LogP contribution in [0, 0.1) is 0 Å². The van der Waals surface area contributed by atoms with Crippen molar-refractivity contribution >= 4 is 46.5 Å². The third kappa shape index (κ3) is 12.2.